The third kappa shape index (κ3) is 3.69. The molecule has 0 aromatic carbocycles. The maximum absolute atomic E-state index is 2.70. The molecule has 4 heteroatoms. The fourth-order valence-electron chi connectivity index (χ4n) is 4.00. The molecule has 0 radical (unpaired) electrons. The van der Waals surface area contributed by atoms with Crippen molar-refractivity contribution < 1.29 is 0 Å². The predicted octanol–water partition coefficient (Wildman–Crippen LogP) is 0.117. The van der Waals surface area contributed by atoms with Crippen molar-refractivity contribution in [1.29, 1.82) is 0 Å². The molecule has 0 saturated carbocycles. The minimum Gasteiger partial charge on any atom is -0.306 e. The number of nitrogens with zero attached hydrogens (tertiary/aromatic N) is 4. The van der Waals surface area contributed by atoms with E-state index in [4.69, 9.17) is 0 Å². The third-order valence-corrected chi connectivity index (χ3v) is 5.13. The molecule has 3 fully saturated rings. The van der Waals surface area contributed by atoms with Crippen LogP contribution < -0.4 is 0 Å². The van der Waals surface area contributed by atoms with Crippen LogP contribution in [-0.2, 0) is 0 Å². The second-order valence-corrected chi connectivity index (χ2v) is 7.11. The van der Waals surface area contributed by atoms with E-state index in [0.717, 1.165) is 11.8 Å². The summed E-state index contributed by atoms with van der Waals surface area (Å²) in [5.41, 5.74) is 0. The van der Waals surface area contributed by atoms with Crippen LogP contribution in [0.2, 0.25) is 0 Å². The Kier molecular flexibility index (Phi) is 4.42. The van der Waals surface area contributed by atoms with Crippen LogP contribution in [0.25, 0.3) is 0 Å². The zero-order valence-corrected chi connectivity index (χ0v) is 12.7. The second-order valence-electron chi connectivity index (χ2n) is 7.11. The quantitative estimate of drug-likeness (QED) is 0.716. The van der Waals surface area contributed by atoms with Crippen LogP contribution in [0.15, 0.2) is 0 Å². The minimum absolute atomic E-state index is 0.928. The Morgan fingerprint density at radius 3 is 1.68 bits per heavy atom. The van der Waals surface area contributed by atoms with Crippen LogP contribution in [0, 0.1) is 11.8 Å². The van der Waals surface area contributed by atoms with Crippen molar-refractivity contribution in [3.05, 3.63) is 0 Å². The summed E-state index contributed by atoms with van der Waals surface area (Å²) in [6, 6.07) is 0. The Balaban J connectivity index is 1.33. The third-order valence-electron chi connectivity index (χ3n) is 5.13. The molecule has 0 aliphatic carbocycles. The van der Waals surface area contributed by atoms with E-state index < -0.39 is 0 Å². The van der Waals surface area contributed by atoms with Crippen LogP contribution in [0.4, 0.5) is 0 Å². The van der Waals surface area contributed by atoms with Crippen molar-refractivity contribution in [2.75, 3.05) is 79.5 Å². The average molecular weight is 266 g/mol. The topological polar surface area (TPSA) is 13.0 Å². The number of rotatable bonds is 4. The lowest BCUT2D eigenvalue weighted by molar-refractivity contribution is 0.0581. The zero-order valence-electron chi connectivity index (χ0n) is 12.7. The van der Waals surface area contributed by atoms with E-state index in [-0.39, 0.29) is 0 Å². The van der Waals surface area contributed by atoms with E-state index in [1.165, 1.54) is 71.9 Å². The molecule has 3 saturated heterocycles. The van der Waals surface area contributed by atoms with Crippen molar-refractivity contribution in [2.24, 2.45) is 11.8 Å². The van der Waals surface area contributed by atoms with Gasteiger partial charge in [0.05, 0.1) is 0 Å². The monoisotopic (exact) mass is 266 g/mol. The molecule has 0 aromatic heterocycles. The molecule has 3 aliphatic heterocycles. The van der Waals surface area contributed by atoms with Gasteiger partial charge in [0.25, 0.3) is 0 Å². The second kappa shape index (κ2) is 6.08. The lowest BCUT2D eigenvalue weighted by Crippen LogP contribution is -2.54. The predicted molar refractivity (Wildman–Crippen MR) is 79.5 cm³/mol. The number of hydrogen-bond acceptors (Lipinski definition) is 4. The first-order valence-electron chi connectivity index (χ1n) is 8.01. The van der Waals surface area contributed by atoms with Gasteiger partial charge < -0.3 is 19.6 Å². The van der Waals surface area contributed by atoms with Crippen molar-refractivity contribution in [3.8, 4) is 0 Å². The summed E-state index contributed by atoms with van der Waals surface area (Å²) in [4.78, 5) is 10.3. The van der Waals surface area contributed by atoms with Gasteiger partial charge in [-0.05, 0) is 38.9 Å². The summed E-state index contributed by atoms with van der Waals surface area (Å²) >= 11 is 0. The van der Waals surface area contributed by atoms with Gasteiger partial charge in [0.2, 0.25) is 0 Å². The van der Waals surface area contributed by atoms with Crippen molar-refractivity contribution in [3.63, 3.8) is 0 Å². The Morgan fingerprint density at radius 2 is 1.21 bits per heavy atom. The van der Waals surface area contributed by atoms with Crippen LogP contribution in [0.1, 0.15) is 6.42 Å². The maximum Gasteiger partial charge on any atom is 0.0110 e. The Hall–Kier alpha value is -0.160. The van der Waals surface area contributed by atoms with E-state index in [2.05, 4.69) is 33.7 Å². The highest BCUT2D eigenvalue weighted by atomic mass is 15.3. The summed E-state index contributed by atoms with van der Waals surface area (Å²) in [6.45, 7) is 13.1. The van der Waals surface area contributed by atoms with Gasteiger partial charge in [0, 0.05) is 58.9 Å². The molecular formula is C15H30N4. The number of piperazine rings is 1. The van der Waals surface area contributed by atoms with Gasteiger partial charge in [0.15, 0.2) is 0 Å². The summed E-state index contributed by atoms with van der Waals surface area (Å²) in [5.74, 6) is 1.87. The highest BCUT2D eigenvalue weighted by Gasteiger charge is 2.28. The van der Waals surface area contributed by atoms with Gasteiger partial charge in [0.1, 0.15) is 0 Å². The van der Waals surface area contributed by atoms with Gasteiger partial charge in [-0.25, -0.2) is 0 Å². The molecule has 0 aromatic rings. The lowest BCUT2D eigenvalue weighted by atomic mass is 10.00. The maximum atomic E-state index is 2.70. The molecule has 0 bridgehead atoms. The Bertz CT molecular complexity index is 282. The highest BCUT2D eigenvalue weighted by Crippen LogP contribution is 2.18. The largest absolute Gasteiger partial charge is 0.306 e. The summed E-state index contributed by atoms with van der Waals surface area (Å²) < 4.78 is 0. The van der Waals surface area contributed by atoms with Crippen molar-refractivity contribution in [2.45, 2.75) is 6.42 Å². The molecule has 3 aliphatic rings. The van der Waals surface area contributed by atoms with E-state index in [9.17, 15) is 0 Å². The zero-order chi connectivity index (χ0) is 13.2. The molecule has 0 spiro atoms. The Labute approximate surface area is 118 Å². The number of likely N-dealkylation sites (tertiary alicyclic amines) is 2. The molecule has 1 unspecified atom stereocenters. The highest BCUT2D eigenvalue weighted by molar-refractivity contribution is 4.83. The summed E-state index contributed by atoms with van der Waals surface area (Å²) in [5, 5.41) is 0. The molecule has 0 N–H and O–H groups in total. The van der Waals surface area contributed by atoms with Crippen LogP contribution in [0.3, 0.4) is 0 Å². The van der Waals surface area contributed by atoms with Gasteiger partial charge in [-0.15, -0.1) is 0 Å². The van der Waals surface area contributed by atoms with E-state index in [1.807, 2.05) is 0 Å². The molecule has 110 valence electrons. The molecule has 3 heterocycles. The van der Waals surface area contributed by atoms with Crippen molar-refractivity contribution in [1.82, 2.24) is 19.6 Å². The molecule has 1 atom stereocenters. The van der Waals surface area contributed by atoms with E-state index >= 15 is 0 Å². The van der Waals surface area contributed by atoms with Crippen LogP contribution in [-0.4, -0.2) is 99.1 Å². The molecule has 0 amide bonds. The molecule has 19 heavy (non-hydrogen) atoms. The van der Waals surface area contributed by atoms with Gasteiger partial charge in [-0.2, -0.15) is 0 Å². The fourth-order valence-corrected chi connectivity index (χ4v) is 4.00. The molecule has 3 rings (SSSR count). The smallest absolute Gasteiger partial charge is 0.0110 e. The summed E-state index contributed by atoms with van der Waals surface area (Å²) in [6.07, 6.45) is 1.41. The van der Waals surface area contributed by atoms with Crippen molar-refractivity contribution >= 4 is 0 Å². The average Bonchev–Trinajstić information content (AvgIpc) is 2.75. The molecule has 4 nitrogen and oxygen atoms in total. The van der Waals surface area contributed by atoms with Crippen LogP contribution in [0.5, 0.6) is 0 Å². The lowest BCUT2D eigenvalue weighted by Gasteiger charge is -2.42. The number of hydrogen-bond donors (Lipinski definition) is 0. The first-order valence-corrected chi connectivity index (χ1v) is 8.01. The van der Waals surface area contributed by atoms with Gasteiger partial charge in [-0.3, -0.25) is 0 Å². The van der Waals surface area contributed by atoms with Gasteiger partial charge >= 0.3 is 0 Å². The van der Waals surface area contributed by atoms with Crippen LogP contribution >= 0.6 is 0 Å². The summed E-state index contributed by atoms with van der Waals surface area (Å²) in [7, 11) is 4.49. The SMILES string of the molecule is CN1CCC(CN2CCN(CC3CN(C)C3)CC2)C1. The fraction of sp³-hybridized carbons (Fsp3) is 1.00. The van der Waals surface area contributed by atoms with E-state index in [0.29, 0.717) is 0 Å². The Morgan fingerprint density at radius 1 is 0.684 bits per heavy atom. The standard InChI is InChI=1S/C15H30N4/c1-16-4-3-14(9-16)12-18-5-7-19(8-6-18)13-15-10-17(2)11-15/h14-15H,3-13H2,1-2H3. The van der Waals surface area contributed by atoms with E-state index in [1.54, 1.807) is 0 Å². The first kappa shape index (κ1) is 13.8. The molecular weight excluding hydrogens is 236 g/mol. The first-order chi connectivity index (χ1) is 9.19. The van der Waals surface area contributed by atoms with Gasteiger partial charge in [-0.1, -0.05) is 0 Å². The minimum atomic E-state index is 0.928. The normalized spacial score (nSPS) is 32.8.